The molecule has 6 nitrogen and oxygen atoms in total. The van der Waals surface area contributed by atoms with Crippen molar-refractivity contribution in [3.63, 3.8) is 0 Å². The first-order valence-corrected chi connectivity index (χ1v) is 7.96. The number of nitrogens with one attached hydrogen (secondary N) is 1. The van der Waals surface area contributed by atoms with E-state index in [0.29, 0.717) is 6.04 Å². The van der Waals surface area contributed by atoms with E-state index in [4.69, 9.17) is 0 Å². The first kappa shape index (κ1) is 13.0. The summed E-state index contributed by atoms with van der Waals surface area (Å²) < 4.78 is 2.04. The SMILES string of the molecule is Cc1nnc2c(N(CC3CCNCC3)C3CC3)nccn12. The van der Waals surface area contributed by atoms with Gasteiger partial charge in [0.1, 0.15) is 5.82 Å². The summed E-state index contributed by atoms with van der Waals surface area (Å²) in [6, 6.07) is 0.649. The number of anilines is 1. The first-order chi connectivity index (χ1) is 10.3. The van der Waals surface area contributed by atoms with Gasteiger partial charge < -0.3 is 10.2 Å². The van der Waals surface area contributed by atoms with Crippen LogP contribution in [0.4, 0.5) is 5.82 Å². The molecule has 0 radical (unpaired) electrons. The Morgan fingerprint density at radius 2 is 2.05 bits per heavy atom. The lowest BCUT2D eigenvalue weighted by molar-refractivity contribution is 0.372. The molecule has 4 rings (SSSR count). The lowest BCUT2D eigenvalue weighted by atomic mass is 9.97. The van der Waals surface area contributed by atoms with E-state index in [-0.39, 0.29) is 0 Å². The molecule has 2 aromatic rings. The van der Waals surface area contributed by atoms with Crippen molar-refractivity contribution >= 4 is 11.5 Å². The van der Waals surface area contributed by atoms with Gasteiger partial charge in [-0.05, 0) is 51.6 Å². The highest BCUT2D eigenvalue weighted by Gasteiger charge is 2.33. The molecule has 1 aliphatic carbocycles. The number of aromatic nitrogens is 4. The summed E-state index contributed by atoms with van der Waals surface area (Å²) in [5, 5.41) is 12.0. The van der Waals surface area contributed by atoms with Crippen LogP contribution in [0.25, 0.3) is 5.65 Å². The van der Waals surface area contributed by atoms with E-state index in [1.807, 2.05) is 23.7 Å². The van der Waals surface area contributed by atoms with Crippen molar-refractivity contribution in [1.29, 1.82) is 0 Å². The van der Waals surface area contributed by atoms with E-state index in [1.54, 1.807) is 0 Å². The van der Waals surface area contributed by atoms with E-state index >= 15 is 0 Å². The molecule has 2 aromatic heterocycles. The fourth-order valence-corrected chi connectivity index (χ4v) is 3.27. The summed E-state index contributed by atoms with van der Waals surface area (Å²) in [4.78, 5) is 7.12. The zero-order chi connectivity index (χ0) is 14.2. The predicted octanol–water partition coefficient (Wildman–Crippen LogP) is 1.40. The van der Waals surface area contributed by atoms with Gasteiger partial charge in [0, 0.05) is 25.0 Å². The lowest BCUT2D eigenvalue weighted by Crippen LogP contribution is -2.38. The number of piperidine rings is 1. The van der Waals surface area contributed by atoms with Gasteiger partial charge in [0.05, 0.1) is 0 Å². The normalized spacial score (nSPS) is 20.0. The third kappa shape index (κ3) is 2.48. The molecule has 0 amide bonds. The van der Waals surface area contributed by atoms with Gasteiger partial charge in [-0.15, -0.1) is 10.2 Å². The smallest absolute Gasteiger partial charge is 0.203 e. The quantitative estimate of drug-likeness (QED) is 0.920. The molecule has 1 N–H and O–H groups in total. The molecule has 21 heavy (non-hydrogen) atoms. The maximum Gasteiger partial charge on any atom is 0.203 e. The molecule has 0 unspecified atom stereocenters. The summed E-state index contributed by atoms with van der Waals surface area (Å²) >= 11 is 0. The fraction of sp³-hybridized carbons (Fsp3) is 0.667. The van der Waals surface area contributed by atoms with Gasteiger partial charge in [-0.3, -0.25) is 4.40 Å². The van der Waals surface area contributed by atoms with E-state index in [9.17, 15) is 0 Å². The minimum Gasteiger partial charge on any atom is -0.350 e. The minimum atomic E-state index is 0.649. The van der Waals surface area contributed by atoms with E-state index in [1.165, 1.54) is 25.7 Å². The zero-order valence-electron chi connectivity index (χ0n) is 12.5. The summed E-state index contributed by atoms with van der Waals surface area (Å²) in [5.41, 5.74) is 0.899. The number of aryl methyl sites for hydroxylation is 1. The molecular weight excluding hydrogens is 264 g/mol. The third-order valence-electron chi connectivity index (χ3n) is 4.65. The molecule has 3 heterocycles. The van der Waals surface area contributed by atoms with Crippen molar-refractivity contribution in [1.82, 2.24) is 24.9 Å². The molecule has 2 fully saturated rings. The highest BCUT2D eigenvalue weighted by atomic mass is 15.3. The molecule has 0 aromatic carbocycles. The van der Waals surface area contributed by atoms with E-state index in [0.717, 1.165) is 42.8 Å². The van der Waals surface area contributed by atoms with Crippen molar-refractivity contribution in [2.45, 2.75) is 38.6 Å². The predicted molar refractivity (Wildman–Crippen MR) is 81.5 cm³/mol. The number of fused-ring (bicyclic) bond motifs is 1. The van der Waals surface area contributed by atoms with Gasteiger partial charge in [-0.25, -0.2) is 4.98 Å². The Kier molecular flexibility index (Phi) is 3.25. The van der Waals surface area contributed by atoms with E-state index in [2.05, 4.69) is 25.4 Å². The van der Waals surface area contributed by atoms with Crippen LogP contribution < -0.4 is 10.2 Å². The average Bonchev–Trinajstić information content (AvgIpc) is 3.30. The number of nitrogens with zero attached hydrogens (tertiary/aromatic N) is 5. The molecule has 1 saturated carbocycles. The third-order valence-corrected chi connectivity index (χ3v) is 4.65. The van der Waals surface area contributed by atoms with Crippen molar-refractivity contribution < 1.29 is 0 Å². The average molecular weight is 286 g/mol. The second-order valence-corrected chi connectivity index (χ2v) is 6.27. The van der Waals surface area contributed by atoms with Crippen LogP contribution in [0.3, 0.4) is 0 Å². The topological polar surface area (TPSA) is 58.4 Å². The Labute approximate surface area is 124 Å². The molecule has 2 aliphatic rings. The summed E-state index contributed by atoms with van der Waals surface area (Å²) in [6.07, 6.45) is 8.90. The van der Waals surface area contributed by atoms with E-state index < -0.39 is 0 Å². The van der Waals surface area contributed by atoms with Gasteiger partial charge in [-0.1, -0.05) is 0 Å². The van der Waals surface area contributed by atoms with Crippen molar-refractivity contribution in [2.75, 3.05) is 24.5 Å². The highest BCUT2D eigenvalue weighted by molar-refractivity contribution is 5.64. The Hall–Kier alpha value is -1.69. The van der Waals surface area contributed by atoms with Crippen LogP contribution in [0.2, 0.25) is 0 Å². The molecule has 0 bridgehead atoms. The Balaban J connectivity index is 1.65. The van der Waals surface area contributed by atoms with Crippen LogP contribution in [-0.4, -0.2) is 45.3 Å². The van der Waals surface area contributed by atoms with Crippen LogP contribution in [0.5, 0.6) is 0 Å². The van der Waals surface area contributed by atoms with Crippen LogP contribution >= 0.6 is 0 Å². The molecular formula is C15H22N6. The number of hydrogen-bond acceptors (Lipinski definition) is 5. The van der Waals surface area contributed by atoms with Crippen molar-refractivity contribution in [3.8, 4) is 0 Å². The summed E-state index contributed by atoms with van der Waals surface area (Å²) in [6.45, 7) is 5.37. The summed E-state index contributed by atoms with van der Waals surface area (Å²) in [5.74, 6) is 2.70. The Bertz CT molecular complexity index is 626. The van der Waals surface area contributed by atoms with Gasteiger partial charge in [0.2, 0.25) is 5.65 Å². The zero-order valence-corrected chi connectivity index (χ0v) is 12.5. The molecule has 112 valence electrons. The molecule has 1 saturated heterocycles. The van der Waals surface area contributed by atoms with Crippen LogP contribution in [-0.2, 0) is 0 Å². The van der Waals surface area contributed by atoms with Crippen LogP contribution in [0.15, 0.2) is 12.4 Å². The largest absolute Gasteiger partial charge is 0.350 e. The van der Waals surface area contributed by atoms with Crippen LogP contribution in [0, 0.1) is 12.8 Å². The highest BCUT2D eigenvalue weighted by Crippen LogP contribution is 2.33. The standard InChI is InChI=1S/C15H22N6/c1-11-18-19-15-14(17-8-9-20(11)15)21(13-2-3-13)10-12-4-6-16-7-5-12/h8-9,12-13,16H,2-7,10H2,1H3. The van der Waals surface area contributed by atoms with Crippen LogP contribution in [0.1, 0.15) is 31.5 Å². The lowest BCUT2D eigenvalue weighted by Gasteiger charge is -2.31. The van der Waals surface area contributed by atoms with Crippen molar-refractivity contribution in [2.24, 2.45) is 5.92 Å². The van der Waals surface area contributed by atoms with Crippen molar-refractivity contribution in [3.05, 3.63) is 18.2 Å². The maximum atomic E-state index is 4.63. The second-order valence-electron chi connectivity index (χ2n) is 6.27. The summed E-state index contributed by atoms with van der Waals surface area (Å²) in [7, 11) is 0. The Morgan fingerprint density at radius 1 is 1.24 bits per heavy atom. The molecule has 0 spiro atoms. The fourth-order valence-electron chi connectivity index (χ4n) is 3.27. The van der Waals surface area contributed by atoms with Gasteiger partial charge in [-0.2, -0.15) is 0 Å². The molecule has 6 heteroatoms. The molecule has 1 aliphatic heterocycles. The second kappa shape index (κ2) is 5.26. The monoisotopic (exact) mass is 286 g/mol. The van der Waals surface area contributed by atoms with Gasteiger partial charge >= 0.3 is 0 Å². The molecule has 0 atom stereocenters. The number of hydrogen-bond donors (Lipinski definition) is 1. The Morgan fingerprint density at radius 3 is 2.81 bits per heavy atom. The van der Waals surface area contributed by atoms with Gasteiger partial charge in [0.25, 0.3) is 0 Å². The number of rotatable bonds is 4. The maximum absolute atomic E-state index is 4.63. The first-order valence-electron chi connectivity index (χ1n) is 7.96. The van der Waals surface area contributed by atoms with Gasteiger partial charge in [0.15, 0.2) is 5.82 Å². The minimum absolute atomic E-state index is 0.649.